The van der Waals surface area contributed by atoms with Gasteiger partial charge in [-0.3, -0.25) is 0 Å². The maximum atomic E-state index is 6.00. The molecule has 17 heavy (non-hydrogen) atoms. The molecule has 3 heteroatoms. The van der Waals surface area contributed by atoms with Crippen LogP contribution in [0.3, 0.4) is 0 Å². The molecule has 0 spiro atoms. The Balaban J connectivity index is 2.06. The number of hydrogen-bond acceptors (Lipinski definition) is 3. The zero-order chi connectivity index (χ0) is 11.9. The van der Waals surface area contributed by atoms with E-state index in [1.807, 2.05) is 12.1 Å². The monoisotopic (exact) mass is 233 g/mol. The highest BCUT2D eigenvalue weighted by atomic mass is 16.5. The van der Waals surface area contributed by atoms with E-state index in [9.17, 15) is 0 Å². The molecule has 3 nitrogen and oxygen atoms in total. The number of methoxy groups -OCH3 is 1. The standard InChI is InChI=1S/C14H19NO2/c1-16-12-5-3-2-4-11(12)14(9-17-10-14)13(8-15)6-7-13/h2-5H,6-10,15H2,1H3. The second-order valence-corrected chi connectivity index (χ2v) is 5.26. The minimum absolute atomic E-state index is 0.0916. The minimum atomic E-state index is 0.0916. The number of rotatable bonds is 4. The van der Waals surface area contributed by atoms with Gasteiger partial charge in [-0.25, -0.2) is 0 Å². The van der Waals surface area contributed by atoms with Crippen LogP contribution in [0, 0.1) is 5.41 Å². The molecule has 0 amide bonds. The maximum Gasteiger partial charge on any atom is 0.122 e. The van der Waals surface area contributed by atoms with Crippen LogP contribution in [0.15, 0.2) is 24.3 Å². The summed E-state index contributed by atoms with van der Waals surface area (Å²) in [5.41, 5.74) is 7.61. The normalized spacial score (nSPS) is 23.9. The van der Waals surface area contributed by atoms with Crippen LogP contribution in [0.25, 0.3) is 0 Å². The van der Waals surface area contributed by atoms with Gasteiger partial charge in [0, 0.05) is 5.56 Å². The van der Waals surface area contributed by atoms with E-state index in [2.05, 4.69) is 12.1 Å². The molecule has 1 aliphatic carbocycles. The third-order valence-electron chi connectivity index (χ3n) is 4.58. The molecule has 1 aromatic carbocycles. The van der Waals surface area contributed by atoms with Gasteiger partial charge in [0.1, 0.15) is 5.75 Å². The van der Waals surface area contributed by atoms with Crippen molar-refractivity contribution in [3.05, 3.63) is 29.8 Å². The highest BCUT2D eigenvalue weighted by molar-refractivity contribution is 5.45. The molecule has 2 fully saturated rings. The first kappa shape index (κ1) is 11.1. The lowest BCUT2D eigenvalue weighted by molar-refractivity contribution is -0.0981. The van der Waals surface area contributed by atoms with Gasteiger partial charge in [-0.15, -0.1) is 0 Å². The highest BCUT2D eigenvalue weighted by Gasteiger charge is 2.63. The summed E-state index contributed by atoms with van der Waals surface area (Å²) in [6.45, 7) is 2.31. The van der Waals surface area contributed by atoms with E-state index in [0.717, 1.165) is 25.5 Å². The van der Waals surface area contributed by atoms with Gasteiger partial charge in [-0.05, 0) is 30.9 Å². The van der Waals surface area contributed by atoms with Crippen LogP contribution in [0.5, 0.6) is 5.75 Å². The Morgan fingerprint density at radius 2 is 2.00 bits per heavy atom. The van der Waals surface area contributed by atoms with E-state index in [-0.39, 0.29) is 10.8 Å². The van der Waals surface area contributed by atoms with Crippen LogP contribution in [-0.4, -0.2) is 26.9 Å². The quantitative estimate of drug-likeness (QED) is 0.861. The fourth-order valence-corrected chi connectivity index (χ4v) is 3.12. The molecule has 1 saturated heterocycles. The van der Waals surface area contributed by atoms with Crippen molar-refractivity contribution in [2.24, 2.45) is 11.1 Å². The van der Waals surface area contributed by atoms with Gasteiger partial charge in [-0.2, -0.15) is 0 Å². The van der Waals surface area contributed by atoms with E-state index in [1.165, 1.54) is 18.4 Å². The predicted octanol–water partition coefficient (Wildman–Crippen LogP) is 1.70. The van der Waals surface area contributed by atoms with E-state index in [1.54, 1.807) is 7.11 Å². The summed E-state index contributed by atoms with van der Waals surface area (Å²) in [5.74, 6) is 0.968. The molecule has 92 valence electrons. The van der Waals surface area contributed by atoms with Crippen molar-refractivity contribution in [2.75, 3.05) is 26.9 Å². The van der Waals surface area contributed by atoms with E-state index < -0.39 is 0 Å². The van der Waals surface area contributed by atoms with E-state index in [0.29, 0.717) is 0 Å². The molecule has 0 atom stereocenters. The second-order valence-electron chi connectivity index (χ2n) is 5.26. The third-order valence-corrected chi connectivity index (χ3v) is 4.58. The van der Waals surface area contributed by atoms with Crippen molar-refractivity contribution in [3.8, 4) is 5.75 Å². The maximum absolute atomic E-state index is 6.00. The van der Waals surface area contributed by atoms with Crippen molar-refractivity contribution < 1.29 is 9.47 Å². The Hall–Kier alpha value is -1.06. The lowest BCUT2D eigenvalue weighted by atomic mass is 9.65. The van der Waals surface area contributed by atoms with Gasteiger partial charge in [0.05, 0.1) is 25.7 Å². The van der Waals surface area contributed by atoms with Crippen LogP contribution < -0.4 is 10.5 Å². The molecule has 0 radical (unpaired) electrons. The Labute approximate surface area is 102 Å². The summed E-state index contributed by atoms with van der Waals surface area (Å²) in [6.07, 6.45) is 2.43. The summed E-state index contributed by atoms with van der Waals surface area (Å²) in [4.78, 5) is 0. The summed E-state index contributed by atoms with van der Waals surface area (Å²) >= 11 is 0. The van der Waals surface area contributed by atoms with E-state index >= 15 is 0 Å². The molecular weight excluding hydrogens is 214 g/mol. The van der Waals surface area contributed by atoms with Crippen LogP contribution in [0.1, 0.15) is 18.4 Å². The van der Waals surface area contributed by atoms with Crippen molar-refractivity contribution in [1.29, 1.82) is 0 Å². The number of para-hydroxylation sites is 1. The van der Waals surface area contributed by atoms with Crippen molar-refractivity contribution in [3.63, 3.8) is 0 Å². The number of hydrogen-bond donors (Lipinski definition) is 1. The fraction of sp³-hybridized carbons (Fsp3) is 0.571. The van der Waals surface area contributed by atoms with Crippen LogP contribution >= 0.6 is 0 Å². The highest BCUT2D eigenvalue weighted by Crippen LogP contribution is 2.62. The number of benzene rings is 1. The smallest absolute Gasteiger partial charge is 0.122 e. The van der Waals surface area contributed by atoms with Gasteiger partial charge < -0.3 is 15.2 Å². The molecule has 1 aromatic rings. The average Bonchev–Trinajstić information content (AvgIpc) is 3.10. The third kappa shape index (κ3) is 1.36. The number of ether oxygens (including phenoxy) is 2. The lowest BCUT2D eigenvalue weighted by Gasteiger charge is -2.48. The molecule has 3 rings (SSSR count). The van der Waals surface area contributed by atoms with Crippen molar-refractivity contribution >= 4 is 0 Å². The molecule has 1 aliphatic heterocycles. The van der Waals surface area contributed by atoms with Crippen LogP contribution in [-0.2, 0) is 10.2 Å². The summed E-state index contributed by atoms with van der Waals surface area (Å²) in [7, 11) is 1.73. The molecule has 1 heterocycles. The summed E-state index contributed by atoms with van der Waals surface area (Å²) in [6, 6.07) is 8.28. The Kier molecular flexibility index (Phi) is 2.42. The molecule has 0 aromatic heterocycles. The van der Waals surface area contributed by atoms with Crippen LogP contribution in [0.4, 0.5) is 0 Å². The fourth-order valence-electron chi connectivity index (χ4n) is 3.12. The first-order valence-corrected chi connectivity index (χ1v) is 6.19. The number of nitrogens with two attached hydrogens (primary N) is 1. The van der Waals surface area contributed by atoms with Gasteiger partial charge in [0.15, 0.2) is 0 Å². The molecule has 2 N–H and O–H groups in total. The summed E-state index contributed by atoms with van der Waals surface area (Å²) < 4.78 is 11.0. The summed E-state index contributed by atoms with van der Waals surface area (Å²) in [5, 5.41) is 0. The van der Waals surface area contributed by atoms with Gasteiger partial charge in [-0.1, -0.05) is 18.2 Å². The topological polar surface area (TPSA) is 44.5 Å². The van der Waals surface area contributed by atoms with Crippen LogP contribution in [0.2, 0.25) is 0 Å². The van der Waals surface area contributed by atoms with Gasteiger partial charge >= 0.3 is 0 Å². The molecule has 2 aliphatic rings. The van der Waals surface area contributed by atoms with Crippen molar-refractivity contribution in [1.82, 2.24) is 0 Å². The lowest BCUT2D eigenvalue weighted by Crippen LogP contribution is -2.56. The first-order valence-electron chi connectivity index (χ1n) is 6.19. The predicted molar refractivity (Wildman–Crippen MR) is 66.2 cm³/mol. The van der Waals surface area contributed by atoms with Gasteiger partial charge in [0.2, 0.25) is 0 Å². The molecular formula is C14H19NO2. The average molecular weight is 233 g/mol. The second kappa shape index (κ2) is 3.72. The zero-order valence-electron chi connectivity index (χ0n) is 10.2. The SMILES string of the molecule is COc1ccccc1C1(C2(CN)CC2)COC1. The Bertz CT molecular complexity index is 422. The largest absolute Gasteiger partial charge is 0.496 e. The zero-order valence-corrected chi connectivity index (χ0v) is 10.2. The first-order chi connectivity index (χ1) is 8.28. The minimum Gasteiger partial charge on any atom is -0.496 e. The van der Waals surface area contributed by atoms with E-state index in [4.69, 9.17) is 15.2 Å². The van der Waals surface area contributed by atoms with Crippen molar-refractivity contribution in [2.45, 2.75) is 18.3 Å². The van der Waals surface area contributed by atoms with Gasteiger partial charge in [0.25, 0.3) is 0 Å². The molecule has 1 saturated carbocycles. The molecule has 0 unspecified atom stereocenters. The Morgan fingerprint density at radius 3 is 2.47 bits per heavy atom. The Morgan fingerprint density at radius 1 is 1.29 bits per heavy atom. The molecule has 0 bridgehead atoms.